The van der Waals surface area contributed by atoms with Gasteiger partial charge >= 0.3 is 5.97 Å². The minimum absolute atomic E-state index is 0.207. The van der Waals surface area contributed by atoms with Gasteiger partial charge < -0.3 is 4.74 Å². The molecule has 0 bridgehead atoms. The number of hydrogen-bond acceptors (Lipinski definition) is 4. The van der Waals surface area contributed by atoms with Crippen LogP contribution in [0.4, 0.5) is 0 Å². The number of hydrogen-bond donors (Lipinski definition) is 2. The Morgan fingerprint density at radius 3 is 2.00 bits per heavy atom. The first-order valence-corrected chi connectivity index (χ1v) is 5.59. The summed E-state index contributed by atoms with van der Waals surface area (Å²) >= 11 is 0. The van der Waals surface area contributed by atoms with E-state index in [0.717, 1.165) is 0 Å². The molecule has 5 heteroatoms. The van der Waals surface area contributed by atoms with E-state index in [1.54, 1.807) is 24.3 Å². The van der Waals surface area contributed by atoms with Gasteiger partial charge in [-0.15, -0.1) is 0 Å². The molecular formula is C13H18N2O3. The van der Waals surface area contributed by atoms with E-state index in [0.29, 0.717) is 11.1 Å². The van der Waals surface area contributed by atoms with E-state index < -0.39 is 5.97 Å². The van der Waals surface area contributed by atoms with Gasteiger partial charge in [-0.05, 0) is 45.0 Å². The lowest BCUT2D eigenvalue weighted by Gasteiger charge is -2.20. The summed E-state index contributed by atoms with van der Waals surface area (Å²) in [6.07, 6.45) is 0. The van der Waals surface area contributed by atoms with E-state index in [1.807, 2.05) is 20.8 Å². The molecule has 0 atom stereocenters. The highest BCUT2D eigenvalue weighted by atomic mass is 16.5. The zero-order valence-corrected chi connectivity index (χ0v) is 11.0. The van der Waals surface area contributed by atoms with Crippen molar-refractivity contribution in [2.24, 2.45) is 0 Å². The summed E-state index contributed by atoms with van der Waals surface area (Å²) in [7, 11) is 1.32. The van der Waals surface area contributed by atoms with Crippen molar-refractivity contribution in [3.05, 3.63) is 35.4 Å². The first-order valence-electron chi connectivity index (χ1n) is 5.59. The summed E-state index contributed by atoms with van der Waals surface area (Å²) in [5.74, 6) is -0.670. The van der Waals surface area contributed by atoms with Gasteiger partial charge in [0, 0.05) is 11.1 Å². The number of hydrazine groups is 1. The standard InChI is InChI=1S/C13H18N2O3/c1-13(2,3)15-14-11(16)9-5-7-10(8-6-9)12(17)18-4/h5-8,15H,1-4H3,(H,14,16). The smallest absolute Gasteiger partial charge is 0.337 e. The third kappa shape index (κ3) is 4.18. The average molecular weight is 250 g/mol. The van der Waals surface area contributed by atoms with Crippen molar-refractivity contribution in [3.8, 4) is 0 Å². The molecule has 0 aromatic heterocycles. The number of benzene rings is 1. The van der Waals surface area contributed by atoms with E-state index >= 15 is 0 Å². The van der Waals surface area contributed by atoms with Crippen LogP contribution in [0.5, 0.6) is 0 Å². The van der Waals surface area contributed by atoms with Crippen molar-refractivity contribution in [3.63, 3.8) is 0 Å². The van der Waals surface area contributed by atoms with Crippen molar-refractivity contribution in [2.75, 3.05) is 7.11 Å². The molecule has 0 unspecified atom stereocenters. The van der Waals surface area contributed by atoms with Gasteiger partial charge in [0.05, 0.1) is 12.7 Å². The fourth-order valence-corrected chi connectivity index (χ4v) is 1.19. The summed E-state index contributed by atoms with van der Waals surface area (Å²) in [6, 6.07) is 6.26. The predicted molar refractivity (Wildman–Crippen MR) is 68.1 cm³/mol. The Bertz CT molecular complexity index is 433. The maximum atomic E-state index is 11.8. The van der Waals surface area contributed by atoms with Gasteiger partial charge in [-0.2, -0.15) is 0 Å². The Kier molecular flexibility index (Phi) is 4.44. The highest BCUT2D eigenvalue weighted by molar-refractivity contribution is 5.95. The number of esters is 1. The second-order valence-electron chi connectivity index (χ2n) is 4.90. The molecule has 0 radical (unpaired) electrons. The van der Waals surface area contributed by atoms with Crippen molar-refractivity contribution < 1.29 is 14.3 Å². The van der Waals surface area contributed by atoms with Crippen LogP contribution < -0.4 is 10.9 Å². The molecule has 1 amide bonds. The molecule has 0 saturated carbocycles. The molecule has 98 valence electrons. The van der Waals surface area contributed by atoms with Crippen LogP contribution in [0.25, 0.3) is 0 Å². The van der Waals surface area contributed by atoms with Crippen molar-refractivity contribution in [1.29, 1.82) is 0 Å². The lowest BCUT2D eigenvalue weighted by atomic mass is 10.1. The predicted octanol–water partition coefficient (Wildman–Crippen LogP) is 1.51. The van der Waals surface area contributed by atoms with Crippen LogP contribution in [0.1, 0.15) is 41.5 Å². The summed E-state index contributed by atoms with van der Waals surface area (Å²) < 4.78 is 4.58. The van der Waals surface area contributed by atoms with Crippen molar-refractivity contribution in [2.45, 2.75) is 26.3 Å². The summed E-state index contributed by atoms with van der Waals surface area (Å²) in [5, 5.41) is 0. The van der Waals surface area contributed by atoms with E-state index in [9.17, 15) is 9.59 Å². The number of carbonyl (C=O) groups is 2. The fourth-order valence-electron chi connectivity index (χ4n) is 1.19. The third-order valence-electron chi connectivity index (χ3n) is 2.12. The maximum absolute atomic E-state index is 11.8. The van der Waals surface area contributed by atoms with Gasteiger partial charge in [0.2, 0.25) is 0 Å². The Morgan fingerprint density at radius 2 is 1.56 bits per heavy atom. The highest BCUT2D eigenvalue weighted by Gasteiger charge is 2.12. The molecule has 1 aromatic carbocycles. The van der Waals surface area contributed by atoms with Crippen molar-refractivity contribution in [1.82, 2.24) is 10.9 Å². The molecule has 0 aliphatic rings. The summed E-state index contributed by atoms with van der Waals surface area (Å²) in [5.41, 5.74) is 6.15. The fraction of sp³-hybridized carbons (Fsp3) is 0.385. The number of amides is 1. The van der Waals surface area contributed by atoms with Gasteiger partial charge in [-0.25, -0.2) is 10.2 Å². The Balaban J connectivity index is 2.68. The molecule has 1 aromatic rings. The molecule has 0 fully saturated rings. The molecule has 5 nitrogen and oxygen atoms in total. The van der Waals surface area contributed by atoms with Crippen molar-refractivity contribution >= 4 is 11.9 Å². The van der Waals surface area contributed by atoms with Gasteiger partial charge in [0.1, 0.15) is 0 Å². The van der Waals surface area contributed by atoms with Gasteiger partial charge in [0.15, 0.2) is 0 Å². The summed E-state index contributed by atoms with van der Waals surface area (Å²) in [6.45, 7) is 5.81. The number of methoxy groups -OCH3 is 1. The average Bonchev–Trinajstić information content (AvgIpc) is 2.34. The van der Waals surface area contributed by atoms with Gasteiger partial charge in [0.25, 0.3) is 5.91 Å². The highest BCUT2D eigenvalue weighted by Crippen LogP contribution is 2.06. The molecule has 2 N–H and O–H groups in total. The SMILES string of the molecule is COC(=O)c1ccc(C(=O)NNC(C)(C)C)cc1. The molecule has 0 heterocycles. The van der Waals surface area contributed by atoms with Crippen LogP contribution in [0.15, 0.2) is 24.3 Å². The number of nitrogens with one attached hydrogen (secondary N) is 2. The maximum Gasteiger partial charge on any atom is 0.337 e. The number of carbonyl (C=O) groups excluding carboxylic acids is 2. The number of ether oxygens (including phenoxy) is 1. The minimum Gasteiger partial charge on any atom is -0.465 e. The zero-order chi connectivity index (χ0) is 13.8. The Morgan fingerprint density at radius 1 is 1.06 bits per heavy atom. The molecule has 0 aliphatic carbocycles. The minimum atomic E-state index is -0.422. The Hall–Kier alpha value is -1.88. The van der Waals surface area contributed by atoms with Crippen LogP contribution >= 0.6 is 0 Å². The van der Waals surface area contributed by atoms with E-state index in [1.165, 1.54) is 7.11 Å². The molecule has 0 spiro atoms. The van der Waals surface area contributed by atoms with E-state index in [-0.39, 0.29) is 11.4 Å². The second kappa shape index (κ2) is 5.64. The number of rotatable bonds is 3. The molecular weight excluding hydrogens is 232 g/mol. The normalized spacial score (nSPS) is 10.9. The molecule has 1 rings (SSSR count). The lowest BCUT2D eigenvalue weighted by Crippen LogP contribution is -2.48. The van der Waals surface area contributed by atoms with Crippen LogP contribution in [-0.4, -0.2) is 24.5 Å². The van der Waals surface area contributed by atoms with Crippen LogP contribution in [0.2, 0.25) is 0 Å². The van der Waals surface area contributed by atoms with Crippen LogP contribution in [-0.2, 0) is 4.74 Å². The first kappa shape index (κ1) is 14.2. The van der Waals surface area contributed by atoms with Gasteiger partial charge in [-0.3, -0.25) is 10.2 Å². The topological polar surface area (TPSA) is 67.4 Å². The third-order valence-corrected chi connectivity index (χ3v) is 2.12. The van der Waals surface area contributed by atoms with Crippen LogP contribution in [0, 0.1) is 0 Å². The van der Waals surface area contributed by atoms with E-state index in [2.05, 4.69) is 15.6 Å². The Labute approximate surface area is 106 Å². The largest absolute Gasteiger partial charge is 0.465 e. The van der Waals surface area contributed by atoms with E-state index in [4.69, 9.17) is 0 Å². The zero-order valence-electron chi connectivity index (χ0n) is 11.0. The molecule has 18 heavy (non-hydrogen) atoms. The monoisotopic (exact) mass is 250 g/mol. The van der Waals surface area contributed by atoms with Gasteiger partial charge in [-0.1, -0.05) is 0 Å². The first-order chi connectivity index (χ1) is 8.33. The van der Waals surface area contributed by atoms with Crippen LogP contribution in [0.3, 0.4) is 0 Å². The lowest BCUT2D eigenvalue weighted by molar-refractivity contribution is 0.0600. The quantitative estimate of drug-likeness (QED) is 0.630. The summed E-state index contributed by atoms with van der Waals surface area (Å²) in [4.78, 5) is 23.0. The molecule has 0 saturated heterocycles. The second-order valence-corrected chi connectivity index (χ2v) is 4.90. The molecule has 0 aliphatic heterocycles.